The fraction of sp³-hybridized carbons (Fsp3) is 0.400. The number of nitrogens with one attached hydrogen (secondary N) is 2. The first-order valence-electron chi connectivity index (χ1n) is 10.8. The topological polar surface area (TPSA) is 224 Å². The molecule has 0 amide bonds. The van der Waals surface area contributed by atoms with Crippen molar-refractivity contribution in [2.24, 2.45) is 0 Å². The maximum atomic E-state index is 11.1. The van der Waals surface area contributed by atoms with Gasteiger partial charge in [-0.15, -0.1) is 0 Å². The second-order valence-electron chi connectivity index (χ2n) is 7.12. The molecule has 2 aromatic rings. The van der Waals surface area contributed by atoms with E-state index in [0.717, 1.165) is 12.1 Å². The van der Waals surface area contributed by atoms with Crippen LogP contribution in [0.25, 0.3) is 0 Å². The summed E-state index contributed by atoms with van der Waals surface area (Å²) >= 11 is 0. The van der Waals surface area contributed by atoms with E-state index in [0.29, 0.717) is 0 Å². The maximum absolute atomic E-state index is 11.1. The standard InChI is InChI=1S/C20H24N6O11/c27-23(28)15-1-3-17(19(13-15)25(31)32)21-5-7-35-9-11-37-12-10-36-8-6-22-18-4-2-16(24(29)30)14-20(18)26(33)34/h1-4,13-14,21-22H,5-12H2. The first-order valence-corrected chi connectivity index (χ1v) is 10.8. The zero-order chi connectivity index (χ0) is 27.2. The van der Waals surface area contributed by atoms with Gasteiger partial charge in [0.2, 0.25) is 0 Å². The zero-order valence-electron chi connectivity index (χ0n) is 19.4. The van der Waals surface area contributed by atoms with E-state index in [-0.39, 0.29) is 75.5 Å². The minimum atomic E-state index is -0.711. The molecular formula is C20H24N6O11. The Labute approximate surface area is 208 Å². The minimum Gasteiger partial charge on any atom is -0.377 e. The van der Waals surface area contributed by atoms with Crippen LogP contribution in [0.1, 0.15) is 0 Å². The van der Waals surface area contributed by atoms with Crippen LogP contribution in [0.4, 0.5) is 34.1 Å². The van der Waals surface area contributed by atoms with Gasteiger partial charge >= 0.3 is 0 Å². The molecule has 0 saturated heterocycles. The van der Waals surface area contributed by atoms with E-state index < -0.39 is 31.1 Å². The number of rotatable bonds is 18. The van der Waals surface area contributed by atoms with Gasteiger partial charge < -0.3 is 24.8 Å². The molecule has 0 aromatic heterocycles. The summed E-state index contributed by atoms with van der Waals surface area (Å²) in [5.74, 6) is 0. The molecule has 2 aromatic carbocycles. The molecule has 0 radical (unpaired) electrons. The quantitative estimate of drug-likeness (QED) is 0.163. The lowest BCUT2D eigenvalue weighted by molar-refractivity contribution is -0.393. The Bertz CT molecular complexity index is 1030. The fourth-order valence-corrected chi connectivity index (χ4v) is 2.93. The second kappa shape index (κ2) is 14.8. The molecule has 17 heteroatoms. The van der Waals surface area contributed by atoms with Crippen LogP contribution < -0.4 is 10.6 Å². The summed E-state index contributed by atoms with van der Waals surface area (Å²) in [5.41, 5.74) is -1.27. The van der Waals surface area contributed by atoms with Crippen molar-refractivity contribution in [1.29, 1.82) is 0 Å². The van der Waals surface area contributed by atoms with Crippen molar-refractivity contribution in [3.05, 3.63) is 76.9 Å². The van der Waals surface area contributed by atoms with Gasteiger partial charge in [0.05, 0.1) is 71.5 Å². The summed E-state index contributed by atoms with van der Waals surface area (Å²) in [5, 5.41) is 49.3. The molecule has 0 spiro atoms. The summed E-state index contributed by atoms with van der Waals surface area (Å²) in [7, 11) is 0. The van der Waals surface area contributed by atoms with Gasteiger partial charge in [-0.05, 0) is 12.1 Å². The number of benzene rings is 2. The van der Waals surface area contributed by atoms with Crippen LogP contribution in [0.2, 0.25) is 0 Å². The average molecular weight is 524 g/mol. The zero-order valence-corrected chi connectivity index (χ0v) is 19.4. The average Bonchev–Trinajstić information content (AvgIpc) is 2.86. The molecule has 0 aliphatic rings. The lowest BCUT2D eigenvalue weighted by Crippen LogP contribution is -2.16. The molecule has 0 fully saturated rings. The smallest absolute Gasteiger partial charge is 0.299 e. The normalized spacial score (nSPS) is 10.6. The molecule has 37 heavy (non-hydrogen) atoms. The minimum absolute atomic E-state index is 0.144. The van der Waals surface area contributed by atoms with E-state index in [9.17, 15) is 40.5 Å². The van der Waals surface area contributed by atoms with Crippen LogP contribution >= 0.6 is 0 Å². The van der Waals surface area contributed by atoms with Crippen molar-refractivity contribution in [2.75, 3.05) is 63.4 Å². The number of nitrogens with zero attached hydrogens (tertiary/aromatic N) is 4. The van der Waals surface area contributed by atoms with E-state index in [1.165, 1.54) is 24.3 Å². The van der Waals surface area contributed by atoms with Gasteiger partial charge in [0, 0.05) is 25.2 Å². The van der Waals surface area contributed by atoms with Gasteiger partial charge in [-0.1, -0.05) is 0 Å². The first-order chi connectivity index (χ1) is 17.7. The molecule has 0 heterocycles. The van der Waals surface area contributed by atoms with E-state index >= 15 is 0 Å². The lowest BCUT2D eigenvalue weighted by atomic mass is 10.2. The highest BCUT2D eigenvalue weighted by molar-refractivity contribution is 5.66. The van der Waals surface area contributed by atoms with Crippen LogP contribution in [0.5, 0.6) is 0 Å². The predicted molar refractivity (Wildman–Crippen MR) is 129 cm³/mol. The third-order valence-electron chi connectivity index (χ3n) is 4.65. The van der Waals surface area contributed by atoms with Gasteiger partial charge in [-0.3, -0.25) is 40.5 Å². The molecule has 0 unspecified atom stereocenters. The van der Waals surface area contributed by atoms with Crippen LogP contribution in [0.3, 0.4) is 0 Å². The molecule has 0 bridgehead atoms. The Morgan fingerprint density at radius 3 is 1.22 bits per heavy atom. The highest BCUT2D eigenvalue weighted by Gasteiger charge is 2.20. The van der Waals surface area contributed by atoms with E-state index in [2.05, 4.69) is 10.6 Å². The van der Waals surface area contributed by atoms with Crippen molar-refractivity contribution in [2.45, 2.75) is 0 Å². The SMILES string of the molecule is O=[N+]([O-])c1ccc(NCCOCCOCCOCCNc2ccc([N+](=O)[O-])cc2[N+](=O)[O-])c([N+](=O)[O-])c1. The number of ether oxygens (including phenoxy) is 3. The molecule has 200 valence electrons. The number of nitro groups is 4. The van der Waals surface area contributed by atoms with Crippen LogP contribution in [-0.2, 0) is 14.2 Å². The van der Waals surface area contributed by atoms with Crippen molar-refractivity contribution in [3.8, 4) is 0 Å². The van der Waals surface area contributed by atoms with Crippen LogP contribution in [0.15, 0.2) is 36.4 Å². The molecule has 0 atom stereocenters. The summed E-state index contributed by atoms with van der Waals surface area (Å²) in [6.45, 7) is 1.97. The Balaban J connectivity index is 1.53. The number of hydrogen-bond acceptors (Lipinski definition) is 13. The summed E-state index contributed by atoms with van der Waals surface area (Å²) in [6.07, 6.45) is 0. The van der Waals surface area contributed by atoms with Crippen molar-refractivity contribution >= 4 is 34.1 Å². The van der Waals surface area contributed by atoms with Crippen molar-refractivity contribution < 1.29 is 33.9 Å². The summed E-state index contributed by atoms with van der Waals surface area (Å²) < 4.78 is 16.0. The second-order valence-corrected chi connectivity index (χ2v) is 7.12. The maximum Gasteiger partial charge on any atom is 0.299 e. The molecule has 0 aliphatic carbocycles. The largest absolute Gasteiger partial charge is 0.377 e. The van der Waals surface area contributed by atoms with Gasteiger partial charge in [0.1, 0.15) is 11.4 Å². The van der Waals surface area contributed by atoms with E-state index in [4.69, 9.17) is 14.2 Å². The Hall–Kier alpha value is -4.48. The number of hydrogen-bond donors (Lipinski definition) is 2. The Kier molecular flexibility index (Phi) is 11.5. The van der Waals surface area contributed by atoms with Gasteiger partial charge in [0.25, 0.3) is 22.7 Å². The van der Waals surface area contributed by atoms with E-state index in [1.54, 1.807) is 0 Å². The molecule has 0 aliphatic heterocycles. The Morgan fingerprint density at radius 1 is 0.541 bits per heavy atom. The highest BCUT2D eigenvalue weighted by atomic mass is 16.6. The third-order valence-corrected chi connectivity index (χ3v) is 4.65. The highest BCUT2D eigenvalue weighted by Crippen LogP contribution is 2.29. The van der Waals surface area contributed by atoms with Gasteiger partial charge in [-0.2, -0.15) is 0 Å². The van der Waals surface area contributed by atoms with Crippen molar-refractivity contribution in [3.63, 3.8) is 0 Å². The predicted octanol–water partition coefficient (Wildman–Crippen LogP) is 2.89. The summed E-state index contributed by atoms with van der Waals surface area (Å²) in [6, 6.07) is 6.64. The number of nitro benzene ring substituents is 4. The Morgan fingerprint density at radius 2 is 0.892 bits per heavy atom. The van der Waals surface area contributed by atoms with Gasteiger partial charge in [-0.25, -0.2) is 0 Å². The number of anilines is 2. The van der Waals surface area contributed by atoms with Gasteiger partial charge in [0.15, 0.2) is 0 Å². The molecular weight excluding hydrogens is 500 g/mol. The fourth-order valence-electron chi connectivity index (χ4n) is 2.93. The molecule has 17 nitrogen and oxygen atoms in total. The van der Waals surface area contributed by atoms with Crippen LogP contribution in [-0.4, -0.2) is 72.4 Å². The molecule has 2 rings (SSSR count). The molecule has 2 N–H and O–H groups in total. The third kappa shape index (κ3) is 9.59. The van der Waals surface area contributed by atoms with E-state index in [1.807, 2.05) is 0 Å². The number of non-ortho nitro benzene ring substituents is 2. The van der Waals surface area contributed by atoms with Crippen molar-refractivity contribution in [1.82, 2.24) is 0 Å². The molecule has 0 saturated carbocycles. The first kappa shape index (κ1) is 28.8. The lowest BCUT2D eigenvalue weighted by Gasteiger charge is -2.09. The van der Waals surface area contributed by atoms with Crippen LogP contribution in [0, 0.1) is 40.5 Å². The summed E-state index contributed by atoms with van der Waals surface area (Å²) in [4.78, 5) is 40.8. The monoisotopic (exact) mass is 524 g/mol.